The van der Waals surface area contributed by atoms with Crippen LogP contribution in [0.4, 0.5) is 0 Å². The van der Waals surface area contributed by atoms with E-state index >= 15 is 0 Å². The Kier molecular flexibility index (Phi) is 3.59. The zero-order chi connectivity index (χ0) is 16.7. The van der Waals surface area contributed by atoms with Gasteiger partial charge in [-0.3, -0.25) is 4.79 Å². The summed E-state index contributed by atoms with van der Waals surface area (Å²) < 4.78 is 11.1. The predicted octanol–water partition coefficient (Wildman–Crippen LogP) is 3.45. The zero-order valence-corrected chi connectivity index (χ0v) is 13.8. The maximum atomic E-state index is 12.9. The highest BCUT2D eigenvalue weighted by molar-refractivity contribution is 5.99. The molecule has 1 fully saturated rings. The summed E-state index contributed by atoms with van der Waals surface area (Å²) in [5.41, 5.74) is 1.64. The summed E-state index contributed by atoms with van der Waals surface area (Å²) in [7, 11) is 0. The van der Waals surface area contributed by atoms with E-state index in [1.165, 1.54) is 0 Å². The third kappa shape index (κ3) is 2.48. The molecule has 6 heteroatoms. The first-order valence-electron chi connectivity index (χ1n) is 8.21. The van der Waals surface area contributed by atoms with Crippen LogP contribution in [0.1, 0.15) is 46.6 Å². The van der Waals surface area contributed by atoms with Gasteiger partial charge in [0.25, 0.3) is 5.91 Å². The first-order valence-corrected chi connectivity index (χ1v) is 8.21. The molecule has 1 atom stereocenters. The number of hydrogen-bond donors (Lipinski definition) is 0. The summed E-state index contributed by atoms with van der Waals surface area (Å²) in [6, 6.07) is 7.73. The van der Waals surface area contributed by atoms with Crippen molar-refractivity contribution in [3.05, 3.63) is 47.3 Å². The number of aryl methyl sites for hydroxylation is 2. The molecule has 6 nitrogen and oxygen atoms in total. The lowest BCUT2D eigenvalue weighted by molar-refractivity contribution is 0.0665. The Morgan fingerprint density at radius 3 is 2.88 bits per heavy atom. The molecule has 0 aliphatic carbocycles. The van der Waals surface area contributed by atoms with Crippen LogP contribution in [0, 0.1) is 13.8 Å². The molecule has 4 rings (SSSR count). The third-order valence-electron chi connectivity index (χ3n) is 4.64. The zero-order valence-electron chi connectivity index (χ0n) is 13.8. The Morgan fingerprint density at radius 1 is 1.29 bits per heavy atom. The fourth-order valence-corrected chi connectivity index (χ4v) is 3.36. The average molecular weight is 325 g/mol. The molecule has 1 saturated heterocycles. The maximum absolute atomic E-state index is 12.9. The van der Waals surface area contributed by atoms with Gasteiger partial charge < -0.3 is 13.8 Å². The van der Waals surface area contributed by atoms with Crippen molar-refractivity contribution >= 4 is 16.9 Å². The molecule has 0 spiro atoms. The number of hydrogen-bond acceptors (Lipinski definition) is 5. The van der Waals surface area contributed by atoms with Crippen LogP contribution in [0.25, 0.3) is 11.0 Å². The van der Waals surface area contributed by atoms with E-state index < -0.39 is 0 Å². The van der Waals surface area contributed by atoms with Gasteiger partial charge in [-0.1, -0.05) is 23.4 Å². The lowest BCUT2D eigenvalue weighted by atomic mass is 9.97. The average Bonchev–Trinajstić information content (AvgIpc) is 3.19. The van der Waals surface area contributed by atoms with Crippen molar-refractivity contribution in [3.63, 3.8) is 0 Å². The molecule has 1 aliphatic rings. The first-order chi connectivity index (χ1) is 11.6. The molecule has 24 heavy (non-hydrogen) atoms. The second-order valence-corrected chi connectivity index (χ2v) is 6.32. The number of fused-ring (bicyclic) bond motifs is 1. The minimum atomic E-state index is -0.0652. The van der Waals surface area contributed by atoms with E-state index in [-0.39, 0.29) is 11.8 Å². The molecule has 1 aliphatic heterocycles. The molecule has 3 aromatic rings. The van der Waals surface area contributed by atoms with E-state index in [4.69, 9.17) is 8.94 Å². The van der Waals surface area contributed by atoms with Crippen LogP contribution in [0.3, 0.4) is 0 Å². The number of carbonyl (C=O) groups excluding carboxylic acids is 1. The fraction of sp³-hybridized carbons (Fsp3) is 0.389. The van der Waals surface area contributed by atoms with E-state index in [2.05, 4.69) is 10.1 Å². The predicted molar refractivity (Wildman–Crippen MR) is 87.9 cm³/mol. The van der Waals surface area contributed by atoms with Crippen LogP contribution in [0.15, 0.2) is 33.2 Å². The van der Waals surface area contributed by atoms with E-state index in [1.807, 2.05) is 36.1 Å². The topological polar surface area (TPSA) is 72.4 Å². The standard InChI is InChI=1S/C18H19N3O3/c1-11-14-7-3-4-8-15(14)23-16(11)18(22)21-9-5-6-13(10-21)17-19-12(2)20-24-17/h3-4,7-8,13H,5-6,9-10H2,1-2H3/t13-/m0/s1. The largest absolute Gasteiger partial charge is 0.451 e. The molecule has 0 unspecified atom stereocenters. The molecule has 0 saturated carbocycles. The van der Waals surface area contributed by atoms with Gasteiger partial charge in [0.05, 0.1) is 5.92 Å². The van der Waals surface area contributed by atoms with Crippen LogP contribution >= 0.6 is 0 Å². The summed E-state index contributed by atoms with van der Waals surface area (Å²) in [6.45, 7) is 5.04. The van der Waals surface area contributed by atoms with Gasteiger partial charge in [0.2, 0.25) is 5.89 Å². The van der Waals surface area contributed by atoms with Gasteiger partial charge in [0.15, 0.2) is 11.6 Å². The fourth-order valence-electron chi connectivity index (χ4n) is 3.36. The Morgan fingerprint density at radius 2 is 2.12 bits per heavy atom. The van der Waals surface area contributed by atoms with Crippen molar-refractivity contribution in [2.75, 3.05) is 13.1 Å². The Bertz CT molecular complexity index is 896. The third-order valence-corrected chi connectivity index (χ3v) is 4.64. The second-order valence-electron chi connectivity index (χ2n) is 6.32. The lowest BCUT2D eigenvalue weighted by Gasteiger charge is -2.30. The van der Waals surface area contributed by atoms with E-state index in [0.29, 0.717) is 24.0 Å². The quantitative estimate of drug-likeness (QED) is 0.721. The first kappa shape index (κ1) is 14.9. The number of para-hydroxylation sites is 1. The van der Waals surface area contributed by atoms with Crippen LogP contribution in [-0.2, 0) is 0 Å². The van der Waals surface area contributed by atoms with Crippen molar-refractivity contribution in [3.8, 4) is 0 Å². The van der Waals surface area contributed by atoms with Gasteiger partial charge in [-0.25, -0.2) is 0 Å². The van der Waals surface area contributed by atoms with Gasteiger partial charge in [0, 0.05) is 24.0 Å². The van der Waals surface area contributed by atoms with Crippen molar-refractivity contribution in [1.82, 2.24) is 15.0 Å². The van der Waals surface area contributed by atoms with Crippen molar-refractivity contribution < 1.29 is 13.7 Å². The van der Waals surface area contributed by atoms with Gasteiger partial charge >= 0.3 is 0 Å². The molecule has 0 radical (unpaired) electrons. The molecule has 0 N–H and O–H groups in total. The number of furan rings is 1. The minimum absolute atomic E-state index is 0.0652. The number of aromatic nitrogens is 2. The van der Waals surface area contributed by atoms with Gasteiger partial charge in [-0.15, -0.1) is 0 Å². The number of likely N-dealkylation sites (tertiary alicyclic amines) is 1. The summed E-state index contributed by atoms with van der Waals surface area (Å²) in [5.74, 6) is 1.70. The lowest BCUT2D eigenvalue weighted by Crippen LogP contribution is -2.39. The summed E-state index contributed by atoms with van der Waals surface area (Å²) >= 11 is 0. The van der Waals surface area contributed by atoms with Crippen molar-refractivity contribution in [2.24, 2.45) is 0 Å². The highest BCUT2D eigenvalue weighted by Crippen LogP contribution is 2.30. The summed E-state index contributed by atoms with van der Waals surface area (Å²) in [6.07, 6.45) is 1.86. The van der Waals surface area contributed by atoms with Crippen LogP contribution in [0.2, 0.25) is 0 Å². The molecular weight excluding hydrogens is 306 g/mol. The monoisotopic (exact) mass is 325 g/mol. The SMILES string of the molecule is Cc1noc([C@H]2CCCN(C(=O)c3oc4ccccc4c3C)C2)n1. The number of amides is 1. The highest BCUT2D eigenvalue weighted by atomic mass is 16.5. The van der Waals surface area contributed by atoms with Gasteiger partial charge in [0.1, 0.15) is 5.58 Å². The number of piperidine rings is 1. The molecule has 0 bridgehead atoms. The van der Waals surface area contributed by atoms with Crippen LogP contribution < -0.4 is 0 Å². The van der Waals surface area contributed by atoms with Gasteiger partial charge in [-0.2, -0.15) is 4.98 Å². The number of nitrogens with zero attached hydrogens (tertiary/aromatic N) is 3. The summed E-state index contributed by atoms with van der Waals surface area (Å²) in [4.78, 5) is 19.1. The van der Waals surface area contributed by atoms with Crippen LogP contribution in [-0.4, -0.2) is 34.0 Å². The Hall–Kier alpha value is -2.63. The van der Waals surface area contributed by atoms with E-state index in [0.717, 1.165) is 35.9 Å². The van der Waals surface area contributed by atoms with Gasteiger partial charge in [-0.05, 0) is 32.8 Å². The molecule has 1 amide bonds. The smallest absolute Gasteiger partial charge is 0.289 e. The molecular formula is C18H19N3O3. The maximum Gasteiger partial charge on any atom is 0.289 e. The van der Waals surface area contributed by atoms with E-state index in [9.17, 15) is 4.79 Å². The Balaban J connectivity index is 1.60. The molecule has 2 aromatic heterocycles. The van der Waals surface area contributed by atoms with Crippen LogP contribution in [0.5, 0.6) is 0 Å². The molecule has 124 valence electrons. The molecule has 1 aromatic carbocycles. The van der Waals surface area contributed by atoms with E-state index in [1.54, 1.807) is 6.92 Å². The second kappa shape index (κ2) is 5.78. The normalized spacial score (nSPS) is 18.2. The Labute approximate surface area is 139 Å². The number of rotatable bonds is 2. The number of benzene rings is 1. The molecule has 3 heterocycles. The highest BCUT2D eigenvalue weighted by Gasteiger charge is 2.31. The van der Waals surface area contributed by atoms with Crippen molar-refractivity contribution in [1.29, 1.82) is 0 Å². The minimum Gasteiger partial charge on any atom is -0.451 e. The summed E-state index contributed by atoms with van der Waals surface area (Å²) in [5, 5.41) is 4.84. The van der Waals surface area contributed by atoms with Crippen molar-refractivity contribution in [2.45, 2.75) is 32.6 Å². The number of carbonyl (C=O) groups is 1.